The molecule has 1 aromatic carbocycles. The van der Waals surface area contributed by atoms with Crippen LogP contribution in [0.3, 0.4) is 0 Å². The maximum Gasteiger partial charge on any atom is 0.335 e. The molecule has 19 heavy (non-hydrogen) atoms. The van der Waals surface area contributed by atoms with E-state index in [-0.39, 0.29) is 5.56 Å². The first kappa shape index (κ1) is 13.5. The highest BCUT2D eigenvalue weighted by Crippen LogP contribution is 2.19. The van der Waals surface area contributed by atoms with Gasteiger partial charge in [0.15, 0.2) is 0 Å². The van der Waals surface area contributed by atoms with Crippen molar-refractivity contribution in [3.8, 4) is 0 Å². The van der Waals surface area contributed by atoms with Gasteiger partial charge in [-0.2, -0.15) is 5.10 Å². The Bertz CT molecular complexity index is 617. The molecule has 2 aromatic rings. The van der Waals surface area contributed by atoms with Crippen LogP contribution in [0.5, 0.6) is 0 Å². The van der Waals surface area contributed by atoms with Gasteiger partial charge in [-0.15, -0.1) is 5.10 Å². The number of carbonyl (C=O) groups is 1. The van der Waals surface area contributed by atoms with Crippen molar-refractivity contribution in [3.05, 3.63) is 46.8 Å². The number of hydrogen-bond donors (Lipinski definition) is 1. The van der Waals surface area contributed by atoms with E-state index in [1.807, 2.05) is 19.9 Å². The monoisotopic (exact) mass is 275 g/mol. The molecule has 2 rings (SSSR count). The van der Waals surface area contributed by atoms with Crippen LogP contribution in [0.25, 0.3) is 0 Å². The Morgan fingerprint density at radius 2 is 2.05 bits per heavy atom. The zero-order chi connectivity index (χ0) is 13.8. The van der Waals surface area contributed by atoms with E-state index in [9.17, 15) is 4.79 Å². The van der Waals surface area contributed by atoms with Crippen molar-refractivity contribution in [2.24, 2.45) is 0 Å². The summed E-state index contributed by atoms with van der Waals surface area (Å²) in [5.74, 6) is -0.304. The highest BCUT2D eigenvalue weighted by molar-refractivity contribution is 7.98. The summed E-state index contributed by atoms with van der Waals surface area (Å²) in [5, 5.41) is 17.5. The minimum Gasteiger partial charge on any atom is -0.478 e. The fraction of sp³-hybridized carbons (Fsp3) is 0.231. The molecule has 0 aliphatic rings. The maximum atomic E-state index is 10.9. The van der Waals surface area contributed by atoms with E-state index in [1.54, 1.807) is 18.2 Å². The van der Waals surface area contributed by atoms with Crippen LogP contribution in [0.1, 0.15) is 27.3 Å². The van der Waals surface area contributed by atoms with Crippen LogP contribution in [-0.4, -0.2) is 26.3 Å². The van der Waals surface area contributed by atoms with Crippen molar-refractivity contribution in [2.45, 2.75) is 24.8 Å². The van der Waals surface area contributed by atoms with E-state index in [0.29, 0.717) is 10.9 Å². The highest BCUT2D eigenvalue weighted by Gasteiger charge is 2.06. The predicted octanol–water partition coefficient (Wildman–Crippen LogP) is 2.48. The van der Waals surface area contributed by atoms with Crippen LogP contribution in [-0.2, 0) is 5.75 Å². The molecule has 0 atom stereocenters. The third-order valence-electron chi connectivity index (χ3n) is 2.61. The second-order valence-electron chi connectivity index (χ2n) is 4.06. The van der Waals surface area contributed by atoms with Crippen LogP contribution in [0.15, 0.2) is 29.4 Å². The van der Waals surface area contributed by atoms with E-state index in [1.165, 1.54) is 11.8 Å². The Kier molecular flexibility index (Phi) is 4.11. The summed E-state index contributed by atoms with van der Waals surface area (Å²) in [5.41, 5.74) is 2.89. The average molecular weight is 275 g/mol. The number of aromatic nitrogens is 3. The lowest BCUT2D eigenvalue weighted by Gasteiger charge is -2.03. The number of aryl methyl sites for hydroxylation is 2. The van der Waals surface area contributed by atoms with Gasteiger partial charge in [0, 0.05) is 5.75 Å². The topological polar surface area (TPSA) is 76.0 Å². The molecule has 0 fully saturated rings. The molecule has 0 aliphatic heterocycles. The molecular formula is C13H13N3O2S. The second-order valence-corrected chi connectivity index (χ2v) is 5.00. The van der Waals surface area contributed by atoms with E-state index in [0.717, 1.165) is 17.0 Å². The molecule has 6 heteroatoms. The van der Waals surface area contributed by atoms with Crippen LogP contribution in [0.4, 0.5) is 0 Å². The largest absolute Gasteiger partial charge is 0.478 e. The van der Waals surface area contributed by atoms with Crippen molar-refractivity contribution < 1.29 is 9.90 Å². The molecule has 0 radical (unpaired) electrons. The van der Waals surface area contributed by atoms with Crippen molar-refractivity contribution in [2.75, 3.05) is 0 Å². The Morgan fingerprint density at radius 1 is 1.26 bits per heavy atom. The quantitative estimate of drug-likeness (QED) is 0.864. The molecule has 0 aliphatic carbocycles. The van der Waals surface area contributed by atoms with Gasteiger partial charge in [-0.3, -0.25) is 0 Å². The summed E-state index contributed by atoms with van der Waals surface area (Å²) in [6.45, 7) is 3.75. The van der Waals surface area contributed by atoms with Crippen LogP contribution in [0.2, 0.25) is 0 Å². The van der Waals surface area contributed by atoms with Gasteiger partial charge in [0.1, 0.15) is 0 Å². The van der Waals surface area contributed by atoms with Crippen LogP contribution < -0.4 is 0 Å². The van der Waals surface area contributed by atoms with Gasteiger partial charge in [-0.05, 0) is 31.5 Å². The minimum absolute atomic E-state index is 0.289. The molecule has 1 heterocycles. The van der Waals surface area contributed by atoms with E-state index >= 15 is 0 Å². The lowest BCUT2D eigenvalue weighted by atomic mass is 10.1. The van der Waals surface area contributed by atoms with Gasteiger partial charge >= 0.3 is 5.97 Å². The van der Waals surface area contributed by atoms with Crippen LogP contribution >= 0.6 is 11.8 Å². The van der Waals surface area contributed by atoms with E-state index in [4.69, 9.17) is 5.11 Å². The number of carboxylic acids is 1. The molecule has 0 unspecified atom stereocenters. The second kappa shape index (κ2) is 5.79. The maximum absolute atomic E-state index is 10.9. The molecule has 5 nitrogen and oxygen atoms in total. The van der Waals surface area contributed by atoms with Crippen LogP contribution in [0, 0.1) is 13.8 Å². The van der Waals surface area contributed by atoms with Gasteiger partial charge in [0.2, 0.25) is 5.16 Å². The smallest absolute Gasteiger partial charge is 0.335 e. The summed E-state index contributed by atoms with van der Waals surface area (Å²) in [7, 11) is 0. The number of benzene rings is 1. The zero-order valence-corrected chi connectivity index (χ0v) is 11.4. The van der Waals surface area contributed by atoms with Crippen molar-refractivity contribution >= 4 is 17.7 Å². The third kappa shape index (κ3) is 3.51. The van der Waals surface area contributed by atoms with E-state index < -0.39 is 5.97 Å². The molecule has 0 saturated carbocycles. The summed E-state index contributed by atoms with van der Waals surface area (Å²) in [6, 6.07) is 6.85. The first-order chi connectivity index (χ1) is 9.06. The average Bonchev–Trinajstić information content (AvgIpc) is 2.40. The predicted molar refractivity (Wildman–Crippen MR) is 72.3 cm³/mol. The van der Waals surface area contributed by atoms with Crippen molar-refractivity contribution in [1.29, 1.82) is 0 Å². The first-order valence-corrected chi connectivity index (χ1v) is 6.68. The van der Waals surface area contributed by atoms with E-state index in [2.05, 4.69) is 15.2 Å². The third-order valence-corrected chi connectivity index (χ3v) is 3.52. The molecular weight excluding hydrogens is 262 g/mol. The molecule has 0 amide bonds. The fourth-order valence-electron chi connectivity index (χ4n) is 1.44. The summed E-state index contributed by atoms with van der Waals surface area (Å²) in [4.78, 5) is 15.2. The SMILES string of the molecule is Cc1nnc(SCc2cccc(C(=O)O)c2)nc1C. The molecule has 98 valence electrons. The lowest BCUT2D eigenvalue weighted by molar-refractivity contribution is 0.0697. The lowest BCUT2D eigenvalue weighted by Crippen LogP contribution is -1.99. The normalized spacial score (nSPS) is 10.4. The van der Waals surface area contributed by atoms with Gasteiger partial charge in [-0.25, -0.2) is 9.78 Å². The summed E-state index contributed by atoms with van der Waals surface area (Å²) >= 11 is 1.44. The zero-order valence-electron chi connectivity index (χ0n) is 10.6. The van der Waals surface area contributed by atoms with Crippen molar-refractivity contribution in [3.63, 3.8) is 0 Å². The molecule has 1 N–H and O–H groups in total. The number of carboxylic acid groups (broad SMARTS) is 1. The Morgan fingerprint density at radius 3 is 2.74 bits per heavy atom. The first-order valence-electron chi connectivity index (χ1n) is 5.69. The number of thioether (sulfide) groups is 1. The minimum atomic E-state index is -0.920. The molecule has 0 saturated heterocycles. The number of aromatic carboxylic acids is 1. The molecule has 0 spiro atoms. The Labute approximate surface area is 115 Å². The standard InChI is InChI=1S/C13H13N3O2S/c1-8-9(2)15-16-13(14-8)19-7-10-4-3-5-11(6-10)12(17)18/h3-6H,7H2,1-2H3,(H,17,18). The number of hydrogen-bond acceptors (Lipinski definition) is 5. The molecule has 1 aromatic heterocycles. The van der Waals surface area contributed by atoms with Gasteiger partial charge in [0.05, 0.1) is 17.0 Å². The number of rotatable bonds is 4. The summed E-state index contributed by atoms with van der Waals surface area (Å²) < 4.78 is 0. The Balaban J connectivity index is 2.07. The molecule has 0 bridgehead atoms. The fourth-order valence-corrected chi connectivity index (χ4v) is 2.22. The van der Waals surface area contributed by atoms with Gasteiger partial charge < -0.3 is 5.11 Å². The Hall–Kier alpha value is -1.95. The van der Waals surface area contributed by atoms with Gasteiger partial charge in [-0.1, -0.05) is 23.9 Å². The highest BCUT2D eigenvalue weighted by atomic mass is 32.2. The summed E-state index contributed by atoms with van der Waals surface area (Å²) in [6.07, 6.45) is 0. The van der Waals surface area contributed by atoms with Gasteiger partial charge in [0.25, 0.3) is 0 Å². The van der Waals surface area contributed by atoms with Crippen molar-refractivity contribution in [1.82, 2.24) is 15.2 Å². The number of nitrogens with zero attached hydrogens (tertiary/aromatic N) is 3.